The Bertz CT molecular complexity index is 1200. The standard InChI is InChI=1S/C19H20N8O4.CH4/c1-30-16-10(18-24-14(8-20)31-27-18)3-2-4-11(16)22-12-7-13(23-19(29)9-5-6-9)25-26-15(12)17(21)28;/h2-4,7,9H,5-6,8,20H2,1H3,(H2,21,28)(H2,22,23,25,29);1H4/i;1D3. The van der Waals surface area contributed by atoms with Crippen molar-refractivity contribution in [1.29, 1.82) is 0 Å². The summed E-state index contributed by atoms with van der Waals surface area (Å²) in [6.07, 6.45) is 1.69. The average molecular weight is 443 g/mol. The second-order valence-electron chi connectivity index (χ2n) is 6.85. The number of para-hydroxylation sites is 1. The van der Waals surface area contributed by atoms with Crippen molar-refractivity contribution in [2.75, 3.05) is 17.7 Å². The van der Waals surface area contributed by atoms with Crippen molar-refractivity contribution >= 4 is 29.0 Å². The highest BCUT2D eigenvalue weighted by Gasteiger charge is 2.30. The highest BCUT2D eigenvalue weighted by molar-refractivity contribution is 5.99. The second kappa shape index (κ2) is 9.39. The van der Waals surface area contributed by atoms with Gasteiger partial charge in [-0.05, 0) is 25.0 Å². The molecule has 1 aromatic carbocycles. The van der Waals surface area contributed by atoms with Gasteiger partial charge < -0.3 is 31.4 Å². The van der Waals surface area contributed by atoms with Gasteiger partial charge in [0.25, 0.3) is 5.91 Å². The Hall–Kier alpha value is -4.06. The van der Waals surface area contributed by atoms with E-state index in [9.17, 15) is 9.59 Å². The van der Waals surface area contributed by atoms with Crippen LogP contribution in [-0.4, -0.2) is 39.3 Å². The van der Waals surface area contributed by atoms with Gasteiger partial charge >= 0.3 is 0 Å². The third-order valence-electron chi connectivity index (χ3n) is 4.60. The number of aromatic nitrogens is 4. The zero-order valence-electron chi connectivity index (χ0n) is 20.2. The van der Waals surface area contributed by atoms with Gasteiger partial charge in [0.1, 0.15) is 0 Å². The molecule has 2 amide bonds. The van der Waals surface area contributed by atoms with E-state index >= 15 is 0 Å². The Morgan fingerprint density at radius 3 is 2.75 bits per heavy atom. The lowest BCUT2D eigenvalue weighted by molar-refractivity contribution is -0.117. The summed E-state index contributed by atoms with van der Waals surface area (Å²) >= 11 is 0. The Balaban J connectivity index is 0.000000795. The number of rotatable bonds is 8. The molecule has 2 heterocycles. The van der Waals surface area contributed by atoms with Crippen molar-refractivity contribution in [2.45, 2.75) is 26.7 Å². The van der Waals surface area contributed by atoms with Crippen molar-refractivity contribution in [3.05, 3.63) is 35.9 Å². The smallest absolute Gasteiger partial charge is 0.271 e. The summed E-state index contributed by atoms with van der Waals surface area (Å²) in [5.74, 6) is 0.227. The number of anilines is 3. The minimum absolute atomic E-state index is 0.0147. The van der Waals surface area contributed by atoms with Gasteiger partial charge in [-0.2, -0.15) is 4.98 Å². The molecule has 32 heavy (non-hydrogen) atoms. The molecule has 0 saturated heterocycles. The van der Waals surface area contributed by atoms with E-state index in [2.05, 4.69) is 31.0 Å². The first kappa shape index (κ1) is 18.7. The number of nitrogens with zero attached hydrogens (tertiary/aromatic N) is 4. The zero-order chi connectivity index (χ0) is 25.5. The van der Waals surface area contributed by atoms with Crippen LogP contribution in [0, 0.1) is 5.92 Å². The Morgan fingerprint density at radius 1 is 1.34 bits per heavy atom. The molecular weight excluding hydrogens is 416 g/mol. The molecule has 3 aromatic rings. The van der Waals surface area contributed by atoms with E-state index in [4.69, 9.17) is 24.8 Å². The first-order valence-electron chi connectivity index (χ1n) is 11.2. The van der Waals surface area contributed by atoms with Crippen LogP contribution in [0.4, 0.5) is 17.2 Å². The van der Waals surface area contributed by atoms with E-state index in [1.165, 1.54) is 13.2 Å². The number of methoxy groups -OCH3 is 1. The molecule has 0 spiro atoms. The molecule has 2 aromatic heterocycles. The number of hydrogen-bond acceptors (Lipinski definition) is 10. The number of primary amides is 1. The molecular formula is C20H24N8O4. The fourth-order valence-electron chi connectivity index (χ4n) is 2.93. The first-order chi connectivity index (χ1) is 16.7. The molecule has 0 radical (unpaired) electrons. The van der Waals surface area contributed by atoms with Crippen molar-refractivity contribution in [3.63, 3.8) is 0 Å². The average Bonchev–Trinajstić information content (AvgIpc) is 3.56. The van der Waals surface area contributed by atoms with E-state index in [1.54, 1.807) is 18.2 Å². The summed E-state index contributed by atoms with van der Waals surface area (Å²) in [5.41, 5.74) is 12.2. The summed E-state index contributed by atoms with van der Waals surface area (Å²) in [5, 5.41) is 17.4. The molecule has 1 aliphatic carbocycles. The molecule has 6 N–H and O–H groups in total. The Kier molecular flexibility index (Phi) is 5.48. The number of benzene rings is 1. The second-order valence-corrected chi connectivity index (χ2v) is 6.85. The van der Waals surface area contributed by atoms with E-state index in [-0.39, 0.29) is 41.5 Å². The quantitative estimate of drug-likeness (QED) is 0.400. The lowest BCUT2D eigenvalue weighted by atomic mass is 10.1. The number of ether oxygens (including phenoxy) is 1. The lowest BCUT2D eigenvalue weighted by Crippen LogP contribution is -2.19. The molecule has 0 bridgehead atoms. The normalized spacial score (nSPS) is 13.8. The predicted molar refractivity (Wildman–Crippen MR) is 116 cm³/mol. The summed E-state index contributed by atoms with van der Waals surface area (Å²) in [7, 11) is 0.0645. The summed E-state index contributed by atoms with van der Waals surface area (Å²) in [6, 6.07) is 6.70. The number of nitrogens with one attached hydrogen (secondary N) is 2. The topological polar surface area (TPSA) is 184 Å². The van der Waals surface area contributed by atoms with Gasteiger partial charge in [-0.1, -0.05) is 18.6 Å². The molecule has 0 unspecified atom stereocenters. The van der Waals surface area contributed by atoms with Crippen LogP contribution < -0.4 is 26.8 Å². The highest BCUT2D eigenvalue weighted by atomic mass is 16.5. The number of carbonyl (C=O) groups is 2. The van der Waals surface area contributed by atoms with Crippen LogP contribution in [0.2, 0.25) is 0 Å². The van der Waals surface area contributed by atoms with Gasteiger partial charge in [-0.15, -0.1) is 10.2 Å². The van der Waals surface area contributed by atoms with Crippen LogP contribution in [0.25, 0.3) is 11.4 Å². The molecule has 0 aliphatic heterocycles. The van der Waals surface area contributed by atoms with E-state index < -0.39 is 13.3 Å². The number of hydrogen-bond donors (Lipinski definition) is 4. The zero-order valence-corrected chi connectivity index (χ0v) is 17.2. The minimum atomic E-state index is -1.42. The SMILES string of the molecule is COc1c(Nc2cc(NC(=O)C3CC3)nnc2C(N)=O)cccc1-c1noc(CN)n1.[2H]C([2H])[2H]. The van der Waals surface area contributed by atoms with E-state index in [0.717, 1.165) is 12.8 Å². The fourth-order valence-corrected chi connectivity index (χ4v) is 2.93. The lowest BCUT2D eigenvalue weighted by Gasteiger charge is -2.15. The van der Waals surface area contributed by atoms with Gasteiger partial charge in [0.15, 0.2) is 17.3 Å². The Morgan fingerprint density at radius 2 is 2.12 bits per heavy atom. The molecule has 12 heteroatoms. The van der Waals surface area contributed by atoms with Gasteiger partial charge in [0.05, 0.1) is 30.6 Å². The van der Waals surface area contributed by atoms with E-state index in [1.807, 2.05) is 0 Å². The molecule has 4 rings (SSSR count). The fraction of sp³-hybridized carbons (Fsp3) is 0.300. The van der Waals surface area contributed by atoms with Crippen molar-refractivity contribution in [3.8, 4) is 17.1 Å². The minimum Gasteiger partial charge on any atom is -0.494 e. The number of nitrogens with two attached hydrogens (primary N) is 2. The molecule has 12 nitrogen and oxygen atoms in total. The highest BCUT2D eigenvalue weighted by Crippen LogP contribution is 2.37. The van der Waals surface area contributed by atoms with Crippen molar-refractivity contribution in [2.24, 2.45) is 17.4 Å². The molecule has 1 saturated carbocycles. The van der Waals surface area contributed by atoms with Gasteiger partial charge in [-0.3, -0.25) is 9.59 Å². The monoisotopic (exact) mass is 443 g/mol. The number of amides is 2. The summed E-state index contributed by atoms with van der Waals surface area (Å²) < 4.78 is 28.4. The van der Waals surface area contributed by atoms with Crippen LogP contribution in [0.5, 0.6) is 5.75 Å². The molecule has 168 valence electrons. The Labute approximate surface area is 187 Å². The third kappa shape index (κ3) is 4.64. The van der Waals surface area contributed by atoms with Crippen molar-refractivity contribution in [1.82, 2.24) is 20.3 Å². The van der Waals surface area contributed by atoms with Gasteiger partial charge in [-0.25, -0.2) is 0 Å². The summed E-state index contributed by atoms with van der Waals surface area (Å²) in [6.45, 7) is 0.104. The third-order valence-corrected chi connectivity index (χ3v) is 4.60. The van der Waals surface area contributed by atoms with Crippen LogP contribution in [0.3, 0.4) is 0 Å². The maximum atomic E-state index is 12.0. The van der Waals surface area contributed by atoms with E-state index in [0.29, 0.717) is 22.8 Å². The van der Waals surface area contributed by atoms with Crippen LogP contribution in [0.1, 0.15) is 40.7 Å². The maximum Gasteiger partial charge on any atom is 0.271 e. The van der Waals surface area contributed by atoms with Gasteiger partial charge in [0.2, 0.25) is 17.6 Å². The van der Waals surface area contributed by atoms with Crippen LogP contribution in [-0.2, 0) is 11.3 Å². The largest absolute Gasteiger partial charge is 0.494 e. The van der Waals surface area contributed by atoms with Crippen LogP contribution >= 0.6 is 0 Å². The predicted octanol–water partition coefficient (Wildman–Crippen LogP) is 1.82. The first-order valence-corrected chi connectivity index (χ1v) is 9.45. The van der Waals surface area contributed by atoms with Gasteiger partial charge in [0, 0.05) is 16.1 Å². The van der Waals surface area contributed by atoms with Crippen molar-refractivity contribution < 1.29 is 23.0 Å². The summed E-state index contributed by atoms with van der Waals surface area (Å²) in [4.78, 5) is 28.1. The molecule has 1 aliphatic rings. The maximum absolute atomic E-state index is 12.0. The molecule has 0 atom stereocenters. The molecule has 1 fully saturated rings. The van der Waals surface area contributed by atoms with Crippen LogP contribution in [0.15, 0.2) is 28.8 Å². The number of carbonyl (C=O) groups excluding carboxylic acids is 2.